The van der Waals surface area contributed by atoms with Crippen LogP contribution in [0.15, 0.2) is 189 Å². The highest BCUT2D eigenvalue weighted by Gasteiger charge is 2.55. The zero-order chi connectivity index (χ0) is 96.6. The predicted molar refractivity (Wildman–Crippen MR) is 540 cm³/mol. The summed E-state index contributed by atoms with van der Waals surface area (Å²) < 4.78 is 110. The van der Waals surface area contributed by atoms with Crippen molar-refractivity contribution in [3.63, 3.8) is 0 Å². The van der Waals surface area contributed by atoms with Gasteiger partial charge in [0.1, 0.15) is 36.5 Å². The van der Waals surface area contributed by atoms with E-state index in [0.717, 1.165) is 143 Å². The Balaban J connectivity index is 1.11. The van der Waals surface area contributed by atoms with Crippen LogP contribution in [-0.2, 0) is 136 Å². The molecular weight excluding hydrogens is 1750 g/mol. The minimum Gasteiger partial charge on any atom is -0.457 e. The molecule has 23 heteroatoms. The number of benzene rings is 6. The summed E-state index contributed by atoms with van der Waals surface area (Å²) in [6.07, 6.45) is 27.4. The maximum absolute atomic E-state index is 15.9. The first-order valence-corrected chi connectivity index (χ1v) is 54.4. The number of hydrogen-bond donors (Lipinski definition) is 3. The van der Waals surface area contributed by atoms with E-state index < -0.39 is 124 Å². The molecule has 137 heavy (non-hydrogen) atoms. The van der Waals surface area contributed by atoms with Crippen LogP contribution in [0.2, 0.25) is 0 Å². The van der Waals surface area contributed by atoms with Crippen molar-refractivity contribution in [2.24, 2.45) is 0 Å². The lowest BCUT2D eigenvalue weighted by atomic mass is 9.95. The SMILES string of the molecule is C=CCO[C@H]1O[C@H](CO[C@@H]2O[C@H](COCc3ccccc3)[C@@H](OP3(=O)OCc4ccccc4CO3)[C@H](OC(=O)C[C@H](CCCCCCCCCCC)OCc3ccccc3)[C@H]2NC(=O)C[C@H](CCCCCCCCCCC)OCc2ccccc2)[C@@H](O)[C@H](OC(=O)C[C@H](CCCCCCCCCCC)OCc2ccccc2)[C@H]1NC(=O)C[C@H](CCCCCCCCCCC)OCc1ccccc1. The Morgan fingerprint density at radius 1 is 0.372 bits per heavy atom. The van der Waals surface area contributed by atoms with Crippen molar-refractivity contribution in [2.45, 2.75) is 442 Å². The van der Waals surface area contributed by atoms with Crippen molar-refractivity contribution in [3.8, 4) is 0 Å². The largest absolute Gasteiger partial charge is 0.475 e. The number of aliphatic hydroxyl groups is 1. The number of phosphoric acid groups is 1. The highest BCUT2D eigenvalue weighted by molar-refractivity contribution is 7.48. The summed E-state index contributed by atoms with van der Waals surface area (Å²) in [5.74, 6) is -2.45. The van der Waals surface area contributed by atoms with Crippen molar-refractivity contribution in [1.82, 2.24) is 10.6 Å². The predicted octanol–water partition coefficient (Wildman–Crippen LogP) is 25.9. The number of carbonyl (C=O) groups is 4. The molecule has 0 radical (unpaired) electrons. The molecule has 3 aliphatic rings. The number of fused-ring (bicyclic) bond motifs is 1. The normalized spacial score (nSPS) is 20.1. The first-order valence-electron chi connectivity index (χ1n) is 52.9. The van der Waals surface area contributed by atoms with Gasteiger partial charge in [0.05, 0.1) is 116 Å². The van der Waals surface area contributed by atoms with E-state index in [4.69, 9.17) is 65.7 Å². The van der Waals surface area contributed by atoms with Crippen molar-refractivity contribution in [2.75, 3.05) is 19.8 Å². The molecule has 0 aromatic heterocycles. The van der Waals surface area contributed by atoms with Gasteiger partial charge in [-0.3, -0.25) is 32.7 Å². The molecule has 0 unspecified atom stereocenters. The van der Waals surface area contributed by atoms with E-state index in [0.29, 0.717) is 36.8 Å². The van der Waals surface area contributed by atoms with Gasteiger partial charge in [0.2, 0.25) is 11.8 Å². The van der Waals surface area contributed by atoms with Crippen LogP contribution >= 0.6 is 7.82 Å². The van der Waals surface area contributed by atoms with Crippen molar-refractivity contribution in [3.05, 3.63) is 228 Å². The summed E-state index contributed by atoms with van der Waals surface area (Å²) in [5, 5.41) is 19.9. The summed E-state index contributed by atoms with van der Waals surface area (Å²) in [6, 6.07) is 53.3. The number of aliphatic hydroxyl groups excluding tert-OH is 1. The number of esters is 2. The van der Waals surface area contributed by atoms with Crippen LogP contribution < -0.4 is 10.6 Å². The molecule has 3 N–H and O–H groups in total. The molecule has 2 saturated heterocycles. The molecule has 2 fully saturated rings. The molecule has 0 bridgehead atoms. The number of phosphoric ester groups is 1. The van der Waals surface area contributed by atoms with Crippen LogP contribution in [0.1, 0.15) is 349 Å². The maximum atomic E-state index is 15.9. The lowest BCUT2D eigenvalue weighted by molar-refractivity contribution is -0.304. The van der Waals surface area contributed by atoms with Gasteiger partial charge < -0.3 is 67.8 Å². The molecule has 14 atom stereocenters. The molecule has 3 heterocycles. The zero-order valence-corrected chi connectivity index (χ0v) is 84.3. The standard InChI is InChI=1S/C114H169N2O20P/c1-6-11-15-19-23-27-31-35-54-72-97(125-82-91-62-46-40-47-63-91)77-103(117)115-107-111(134-105(119)79-99(127-84-93-66-50-42-51-67-93)74-56-37-33-29-25-21-17-13-8-3)109(121)101(132-113(107)124-76-10-5)89-129-114-108(116-104(118)78-98(126-83-92-64-48-41-49-65-92)73-55-36-32-28-24-20-16-12-7-2)112(135-106(120)80-100(128-85-94-68-52-43-53-69-94)75-57-38-34-30-26-22-18-14-9-4)110(102(133-114)88-123-81-90-60-44-39-45-61-90)136-137(122)130-86-95-70-58-59-71-96(95)87-131-137/h10,39-53,58-71,97-102,107-114,121H,5-9,11-38,54-57,72-89H2,1-4H3,(H,115,117)(H,116,118)/t97-,98-,99-,100-,101+,102+,107+,108+,109+,110+,111+,112+,113-,114+/m0/s1. The van der Waals surface area contributed by atoms with Crippen LogP contribution in [-0.4, -0.2) is 134 Å². The second-order valence-corrected chi connectivity index (χ2v) is 39.5. The fraction of sp³-hybridized carbons (Fsp3) is 0.632. The van der Waals surface area contributed by atoms with Gasteiger partial charge in [-0.1, -0.05) is 441 Å². The summed E-state index contributed by atoms with van der Waals surface area (Å²) in [5.41, 5.74) is 5.96. The summed E-state index contributed by atoms with van der Waals surface area (Å²) in [6.45, 7) is 12.5. The van der Waals surface area contributed by atoms with E-state index >= 15 is 23.7 Å². The highest BCUT2D eigenvalue weighted by atomic mass is 31.2. The third-order valence-electron chi connectivity index (χ3n) is 26.3. The Bertz CT molecular complexity index is 4150. The van der Waals surface area contributed by atoms with Gasteiger partial charge in [0, 0.05) is 0 Å². The van der Waals surface area contributed by atoms with Crippen LogP contribution in [0.3, 0.4) is 0 Å². The van der Waals surface area contributed by atoms with Gasteiger partial charge in [-0.25, -0.2) is 4.57 Å². The average Bonchev–Trinajstić information content (AvgIpc) is 1.63. The Kier molecular flexibility index (Phi) is 57.5. The number of unbranched alkanes of at least 4 members (excludes halogenated alkanes) is 32. The smallest absolute Gasteiger partial charge is 0.457 e. The van der Waals surface area contributed by atoms with E-state index in [1.165, 1.54) is 122 Å². The summed E-state index contributed by atoms with van der Waals surface area (Å²) >= 11 is 0. The molecule has 0 spiro atoms. The molecule has 2 amide bonds. The number of rotatable bonds is 76. The fourth-order valence-electron chi connectivity index (χ4n) is 18.2. The summed E-state index contributed by atoms with van der Waals surface area (Å²) in [4.78, 5) is 62.5. The van der Waals surface area contributed by atoms with E-state index in [1.54, 1.807) is 0 Å². The number of amides is 2. The maximum Gasteiger partial charge on any atom is 0.475 e. The first-order chi connectivity index (χ1) is 67.2. The molecule has 0 aliphatic carbocycles. The van der Waals surface area contributed by atoms with Crippen molar-refractivity contribution in [1.29, 1.82) is 0 Å². The van der Waals surface area contributed by atoms with Crippen molar-refractivity contribution < 1.29 is 94.5 Å². The molecular formula is C114H169N2O20P. The van der Waals surface area contributed by atoms with Crippen LogP contribution in [0, 0.1) is 0 Å². The third kappa shape index (κ3) is 46.1. The Hall–Kier alpha value is -7.35. The van der Waals surface area contributed by atoms with Crippen LogP contribution in [0.25, 0.3) is 0 Å². The molecule has 0 saturated carbocycles. The van der Waals surface area contributed by atoms with Crippen LogP contribution in [0.4, 0.5) is 0 Å². The van der Waals surface area contributed by atoms with E-state index in [1.807, 2.05) is 176 Å². The monoisotopic (exact) mass is 1920 g/mol. The number of ether oxygens (including phenoxy) is 11. The van der Waals surface area contributed by atoms with Gasteiger partial charge >= 0.3 is 19.8 Å². The quantitative estimate of drug-likeness (QED) is 0.0139. The van der Waals surface area contributed by atoms with Crippen LogP contribution in [0.5, 0.6) is 0 Å². The average molecular weight is 1920 g/mol. The highest BCUT2D eigenvalue weighted by Crippen LogP contribution is 2.55. The molecule has 9 rings (SSSR count). The second kappa shape index (κ2) is 69.5. The van der Waals surface area contributed by atoms with Gasteiger partial charge in [0.15, 0.2) is 24.8 Å². The first kappa shape index (κ1) is 113. The molecule has 760 valence electrons. The lowest BCUT2D eigenvalue weighted by Crippen LogP contribution is -2.68. The van der Waals surface area contributed by atoms with E-state index in [-0.39, 0.29) is 85.1 Å². The second-order valence-electron chi connectivity index (χ2n) is 37.9. The molecule has 6 aromatic carbocycles. The molecule has 3 aliphatic heterocycles. The number of hydrogen-bond acceptors (Lipinski definition) is 20. The zero-order valence-electron chi connectivity index (χ0n) is 83.4. The van der Waals surface area contributed by atoms with Crippen molar-refractivity contribution >= 4 is 31.6 Å². The molecule has 6 aromatic rings. The number of carbonyl (C=O) groups excluding carboxylic acids is 4. The minimum atomic E-state index is -4.75. The van der Waals surface area contributed by atoms with E-state index in [2.05, 4.69) is 44.9 Å². The van der Waals surface area contributed by atoms with Gasteiger partial charge in [-0.05, 0) is 64.6 Å². The fourth-order valence-corrected chi connectivity index (χ4v) is 19.6. The van der Waals surface area contributed by atoms with E-state index in [9.17, 15) is 5.11 Å². The Morgan fingerprint density at radius 2 is 0.672 bits per heavy atom. The summed E-state index contributed by atoms with van der Waals surface area (Å²) in [7, 11) is -4.75. The van der Waals surface area contributed by atoms with Gasteiger partial charge in [0.25, 0.3) is 0 Å². The number of nitrogens with one attached hydrogen (secondary N) is 2. The lowest BCUT2D eigenvalue weighted by Gasteiger charge is -2.47. The Labute approximate surface area is 821 Å². The van der Waals surface area contributed by atoms with Gasteiger partial charge in [-0.15, -0.1) is 6.58 Å². The Morgan fingerprint density at radius 3 is 1.02 bits per heavy atom. The topological polar surface area (TPSA) is 259 Å². The molecule has 22 nitrogen and oxygen atoms in total. The van der Waals surface area contributed by atoms with Gasteiger partial charge in [-0.2, -0.15) is 0 Å². The minimum absolute atomic E-state index is 0.0536. The third-order valence-corrected chi connectivity index (χ3v) is 27.7.